The molecule has 0 aliphatic carbocycles. The topological polar surface area (TPSA) is 44.0 Å². The summed E-state index contributed by atoms with van der Waals surface area (Å²) in [7, 11) is 0. The van der Waals surface area contributed by atoms with Gasteiger partial charge < -0.3 is 0 Å². The third-order valence-electron chi connectivity index (χ3n) is 2.79. The van der Waals surface area contributed by atoms with Crippen LogP contribution in [0.25, 0.3) is 0 Å². The van der Waals surface area contributed by atoms with Gasteiger partial charge in [0.25, 0.3) is 0 Å². The molecule has 0 unspecified atom stereocenters. The van der Waals surface area contributed by atoms with E-state index in [9.17, 15) is 9.59 Å². The van der Waals surface area contributed by atoms with Gasteiger partial charge >= 0.3 is 5.69 Å². The van der Waals surface area contributed by atoms with Crippen molar-refractivity contribution < 1.29 is 4.79 Å². The van der Waals surface area contributed by atoms with Crippen LogP contribution in [0.15, 0.2) is 47.5 Å². The van der Waals surface area contributed by atoms with E-state index in [0.717, 1.165) is 6.42 Å². The molecule has 0 amide bonds. The van der Waals surface area contributed by atoms with Crippen LogP contribution in [0, 0.1) is 0 Å². The fraction of sp³-hybridized carbons (Fsp3) is 0.286. The largest absolute Gasteiger partial charge is 0.328 e. The lowest BCUT2D eigenvalue weighted by Crippen LogP contribution is -2.26. The van der Waals surface area contributed by atoms with Crippen molar-refractivity contribution in [1.82, 2.24) is 9.13 Å². The number of hydrogen-bond acceptors (Lipinski definition) is 2. The predicted octanol–water partition coefficient (Wildman–Crippen LogP) is 1.94. The first kappa shape index (κ1) is 12.4. The van der Waals surface area contributed by atoms with Crippen molar-refractivity contribution in [1.29, 1.82) is 0 Å². The van der Waals surface area contributed by atoms with Gasteiger partial charge in [0.1, 0.15) is 0 Å². The smallest absolute Gasteiger partial charge is 0.299 e. The van der Waals surface area contributed by atoms with Gasteiger partial charge in [-0.15, -0.1) is 0 Å². The Balaban J connectivity index is 2.15. The Bertz CT molecular complexity index is 581. The number of imidazole rings is 1. The van der Waals surface area contributed by atoms with Crippen LogP contribution in [0.3, 0.4) is 0 Å². The van der Waals surface area contributed by atoms with Crippen molar-refractivity contribution in [2.45, 2.75) is 26.4 Å². The molecular weight excluding hydrogens is 228 g/mol. The lowest BCUT2D eigenvalue weighted by Gasteiger charge is -2.01. The number of aryl methyl sites for hydroxylation is 1. The summed E-state index contributed by atoms with van der Waals surface area (Å²) < 4.78 is 3.07. The highest BCUT2D eigenvalue weighted by Crippen LogP contribution is 2.01. The molecule has 4 nitrogen and oxygen atoms in total. The highest BCUT2D eigenvalue weighted by Gasteiger charge is 2.09. The van der Waals surface area contributed by atoms with Crippen molar-refractivity contribution >= 4 is 5.78 Å². The summed E-state index contributed by atoms with van der Waals surface area (Å²) >= 11 is 0. The Kier molecular flexibility index (Phi) is 3.77. The van der Waals surface area contributed by atoms with Gasteiger partial charge in [0, 0.05) is 24.5 Å². The molecule has 0 bridgehead atoms. The normalized spacial score (nSPS) is 10.5. The van der Waals surface area contributed by atoms with Gasteiger partial charge in [0.15, 0.2) is 5.78 Å². The molecule has 1 heterocycles. The van der Waals surface area contributed by atoms with E-state index in [2.05, 4.69) is 0 Å². The summed E-state index contributed by atoms with van der Waals surface area (Å²) in [6.07, 6.45) is 4.29. The molecule has 2 rings (SSSR count). The molecule has 94 valence electrons. The number of ketones is 1. The van der Waals surface area contributed by atoms with Crippen molar-refractivity contribution in [3.05, 3.63) is 58.8 Å². The first-order chi connectivity index (χ1) is 8.72. The molecule has 2 aromatic rings. The average Bonchev–Trinajstić information content (AvgIpc) is 2.73. The zero-order valence-electron chi connectivity index (χ0n) is 10.4. The molecule has 18 heavy (non-hydrogen) atoms. The van der Waals surface area contributed by atoms with Crippen LogP contribution in [-0.2, 0) is 13.1 Å². The number of hydrogen-bond donors (Lipinski definition) is 0. The Labute approximate surface area is 105 Å². The zero-order valence-corrected chi connectivity index (χ0v) is 10.4. The average molecular weight is 244 g/mol. The molecular formula is C14H16N2O2. The third-order valence-corrected chi connectivity index (χ3v) is 2.79. The standard InChI is InChI=1S/C14H16N2O2/c1-2-8-15-9-10-16(14(15)18)11-13(17)12-6-4-3-5-7-12/h3-7,9-10H,2,8,11H2,1H3. The molecule has 0 atom stereocenters. The van der Waals surface area contributed by atoms with E-state index in [-0.39, 0.29) is 18.0 Å². The van der Waals surface area contributed by atoms with Crippen LogP contribution in [-0.4, -0.2) is 14.9 Å². The van der Waals surface area contributed by atoms with Crippen LogP contribution in [0.4, 0.5) is 0 Å². The number of nitrogens with zero attached hydrogens (tertiary/aromatic N) is 2. The molecule has 0 aliphatic heterocycles. The quantitative estimate of drug-likeness (QED) is 0.754. The van der Waals surface area contributed by atoms with E-state index in [1.165, 1.54) is 4.57 Å². The number of carbonyl (C=O) groups excluding carboxylic acids is 1. The van der Waals surface area contributed by atoms with Gasteiger partial charge in [-0.05, 0) is 6.42 Å². The van der Waals surface area contributed by atoms with Gasteiger partial charge in [0.2, 0.25) is 0 Å². The molecule has 4 heteroatoms. The van der Waals surface area contributed by atoms with Crippen molar-refractivity contribution in [2.24, 2.45) is 0 Å². The lowest BCUT2D eigenvalue weighted by atomic mass is 10.1. The maximum absolute atomic E-state index is 12.0. The van der Waals surface area contributed by atoms with E-state index in [1.807, 2.05) is 25.1 Å². The Morgan fingerprint density at radius 2 is 1.78 bits per heavy atom. The molecule has 1 aromatic carbocycles. The molecule has 0 saturated heterocycles. The minimum Gasteiger partial charge on any atom is -0.299 e. The Morgan fingerprint density at radius 1 is 1.11 bits per heavy atom. The van der Waals surface area contributed by atoms with Crippen molar-refractivity contribution in [3.8, 4) is 0 Å². The molecule has 0 fully saturated rings. The molecule has 0 radical (unpaired) electrons. The van der Waals surface area contributed by atoms with Crippen molar-refractivity contribution in [3.63, 3.8) is 0 Å². The van der Waals surface area contributed by atoms with E-state index in [0.29, 0.717) is 12.1 Å². The molecule has 0 spiro atoms. The maximum Gasteiger partial charge on any atom is 0.328 e. The van der Waals surface area contributed by atoms with Gasteiger partial charge in [-0.25, -0.2) is 4.79 Å². The van der Waals surface area contributed by atoms with Crippen molar-refractivity contribution in [2.75, 3.05) is 0 Å². The SMILES string of the molecule is CCCn1ccn(CC(=O)c2ccccc2)c1=O. The van der Waals surface area contributed by atoms with Gasteiger partial charge in [-0.3, -0.25) is 13.9 Å². The zero-order chi connectivity index (χ0) is 13.0. The van der Waals surface area contributed by atoms with Crippen LogP contribution in [0.5, 0.6) is 0 Å². The molecule has 0 N–H and O–H groups in total. The highest BCUT2D eigenvalue weighted by atomic mass is 16.2. The van der Waals surface area contributed by atoms with Crippen LogP contribution in [0.2, 0.25) is 0 Å². The van der Waals surface area contributed by atoms with Crippen LogP contribution < -0.4 is 5.69 Å². The van der Waals surface area contributed by atoms with E-state index in [1.54, 1.807) is 29.1 Å². The van der Waals surface area contributed by atoms with E-state index < -0.39 is 0 Å². The van der Waals surface area contributed by atoms with Gasteiger partial charge in [0.05, 0.1) is 6.54 Å². The Morgan fingerprint density at radius 3 is 2.44 bits per heavy atom. The van der Waals surface area contributed by atoms with E-state index in [4.69, 9.17) is 0 Å². The summed E-state index contributed by atoms with van der Waals surface area (Å²) in [5.74, 6) is -0.0491. The van der Waals surface area contributed by atoms with Gasteiger partial charge in [-0.2, -0.15) is 0 Å². The number of aromatic nitrogens is 2. The minimum atomic E-state index is -0.124. The second-order valence-electron chi connectivity index (χ2n) is 4.19. The highest BCUT2D eigenvalue weighted by molar-refractivity contribution is 5.95. The van der Waals surface area contributed by atoms with E-state index >= 15 is 0 Å². The summed E-state index contributed by atoms with van der Waals surface area (Å²) in [4.78, 5) is 23.9. The predicted molar refractivity (Wildman–Crippen MR) is 69.8 cm³/mol. The number of benzene rings is 1. The van der Waals surface area contributed by atoms with Crippen LogP contribution in [0.1, 0.15) is 23.7 Å². The minimum absolute atomic E-state index is 0.0491. The molecule has 1 aromatic heterocycles. The molecule has 0 saturated carbocycles. The van der Waals surface area contributed by atoms with Crippen LogP contribution >= 0.6 is 0 Å². The fourth-order valence-corrected chi connectivity index (χ4v) is 1.85. The second kappa shape index (κ2) is 5.49. The molecule has 0 aliphatic rings. The summed E-state index contributed by atoms with van der Waals surface area (Å²) in [6.45, 7) is 2.80. The number of Topliss-reactive ketones (excluding diaryl/α,β-unsaturated/α-hetero) is 1. The number of carbonyl (C=O) groups is 1. The second-order valence-corrected chi connectivity index (χ2v) is 4.19. The maximum atomic E-state index is 12.0. The monoisotopic (exact) mass is 244 g/mol. The summed E-state index contributed by atoms with van der Waals surface area (Å²) in [5, 5.41) is 0. The summed E-state index contributed by atoms with van der Waals surface area (Å²) in [5.41, 5.74) is 0.508. The van der Waals surface area contributed by atoms with Gasteiger partial charge in [-0.1, -0.05) is 37.3 Å². The lowest BCUT2D eigenvalue weighted by molar-refractivity contribution is 0.0970. The first-order valence-electron chi connectivity index (χ1n) is 6.06. The summed E-state index contributed by atoms with van der Waals surface area (Å²) in [6, 6.07) is 9.02. The third kappa shape index (κ3) is 2.59. The number of rotatable bonds is 5. The Hall–Kier alpha value is -2.10. The fourth-order valence-electron chi connectivity index (χ4n) is 1.85. The first-order valence-corrected chi connectivity index (χ1v) is 6.06.